The lowest BCUT2D eigenvalue weighted by atomic mass is 10.0. The molecule has 1 aliphatic rings. The molecule has 0 aromatic carbocycles. The Bertz CT molecular complexity index is 847. The van der Waals surface area contributed by atoms with Crippen molar-refractivity contribution in [2.45, 2.75) is 39.0 Å². The molecule has 27 heavy (non-hydrogen) atoms. The number of amides is 1. The molecule has 2 aromatic rings. The summed E-state index contributed by atoms with van der Waals surface area (Å²) < 4.78 is 16.0. The molecule has 0 bridgehead atoms. The maximum absolute atomic E-state index is 14.2. The van der Waals surface area contributed by atoms with E-state index < -0.39 is 12.1 Å². The van der Waals surface area contributed by atoms with E-state index in [4.69, 9.17) is 5.21 Å². The van der Waals surface area contributed by atoms with Gasteiger partial charge in [-0.3, -0.25) is 24.6 Å². The van der Waals surface area contributed by atoms with Gasteiger partial charge in [0.2, 0.25) is 0 Å². The van der Waals surface area contributed by atoms with Crippen LogP contribution in [-0.2, 0) is 18.4 Å². The van der Waals surface area contributed by atoms with E-state index in [0.717, 1.165) is 28.2 Å². The number of hydrogen-bond donors (Lipinski definition) is 2. The zero-order valence-electron chi connectivity index (χ0n) is 15.7. The number of carbonyl (C=O) groups is 1. The van der Waals surface area contributed by atoms with Crippen LogP contribution in [0.5, 0.6) is 0 Å². The predicted molar refractivity (Wildman–Crippen MR) is 98.5 cm³/mol. The first kappa shape index (κ1) is 19.2. The molecular weight excluding hydrogens is 349 g/mol. The molecule has 0 radical (unpaired) electrons. The zero-order chi connectivity index (χ0) is 19.6. The summed E-state index contributed by atoms with van der Waals surface area (Å²) in [5.74, 6) is -0.602. The van der Waals surface area contributed by atoms with Crippen LogP contribution in [0.1, 0.15) is 40.7 Å². The van der Waals surface area contributed by atoms with Crippen LogP contribution in [-0.4, -0.2) is 43.5 Å². The quantitative estimate of drug-likeness (QED) is 0.477. The number of carbonyl (C=O) groups excluding carboxylic acids is 1. The average molecular weight is 373 g/mol. The predicted octanol–water partition coefficient (Wildman–Crippen LogP) is 2.24. The van der Waals surface area contributed by atoms with Crippen LogP contribution in [0.25, 0.3) is 6.08 Å². The number of alkyl halides is 1. The van der Waals surface area contributed by atoms with Gasteiger partial charge in [-0.05, 0) is 38.0 Å². The summed E-state index contributed by atoms with van der Waals surface area (Å²) in [5, 5.41) is 13.0. The maximum atomic E-state index is 14.2. The first-order valence-corrected chi connectivity index (χ1v) is 8.84. The Morgan fingerprint density at radius 3 is 2.81 bits per heavy atom. The second-order valence-electron chi connectivity index (χ2n) is 6.88. The summed E-state index contributed by atoms with van der Waals surface area (Å²) in [7, 11) is 1.91. The molecule has 3 rings (SSSR count). The Balaban J connectivity index is 1.75. The number of likely N-dealkylation sites (tertiary alicyclic amines) is 1. The molecule has 0 saturated carbocycles. The monoisotopic (exact) mass is 373 g/mol. The van der Waals surface area contributed by atoms with E-state index in [9.17, 15) is 9.18 Å². The van der Waals surface area contributed by atoms with E-state index in [0.29, 0.717) is 19.5 Å². The Hall–Kier alpha value is -2.58. The molecule has 0 spiro atoms. The van der Waals surface area contributed by atoms with E-state index in [2.05, 4.69) is 15.0 Å². The fourth-order valence-electron chi connectivity index (χ4n) is 3.64. The third-order valence-electron chi connectivity index (χ3n) is 5.00. The average Bonchev–Trinajstić information content (AvgIpc) is 3.12. The Morgan fingerprint density at radius 2 is 2.22 bits per heavy atom. The van der Waals surface area contributed by atoms with Gasteiger partial charge in [-0.2, -0.15) is 5.10 Å². The number of hydrogen-bond acceptors (Lipinski definition) is 5. The van der Waals surface area contributed by atoms with E-state index >= 15 is 0 Å². The third kappa shape index (κ3) is 4.23. The van der Waals surface area contributed by atoms with Crippen LogP contribution < -0.4 is 5.48 Å². The number of pyridine rings is 1. The van der Waals surface area contributed by atoms with Gasteiger partial charge in [0.25, 0.3) is 5.91 Å². The number of rotatable bonds is 5. The van der Waals surface area contributed by atoms with Crippen molar-refractivity contribution in [3.8, 4) is 0 Å². The van der Waals surface area contributed by atoms with E-state index in [1.165, 1.54) is 11.6 Å². The highest BCUT2D eigenvalue weighted by Gasteiger charge is 2.36. The van der Waals surface area contributed by atoms with Crippen LogP contribution in [0.15, 0.2) is 24.4 Å². The van der Waals surface area contributed by atoms with Gasteiger partial charge in [0.1, 0.15) is 6.17 Å². The molecule has 1 fully saturated rings. The highest BCUT2D eigenvalue weighted by atomic mass is 19.1. The molecule has 0 aliphatic carbocycles. The first-order chi connectivity index (χ1) is 12.9. The fourth-order valence-corrected chi connectivity index (χ4v) is 3.64. The van der Waals surface area contributed by atoms with Gasteiger partial charge < -0.3 is 0 Å². The van der Waals surface area contributed by atoms with Gasteiger partial charge in [0.15, 0.2) is 0 Å². The lowest BCUT2D eigenvalue weighted by molar-refractivity contribution is -0.124. The second-order valence-corrected chi connectivity index (χ2v) is 6.88. The third-order valence-corrected chi connectivity index (χ3v) is 5.00. The maximum Gasteiger partial charge on any atom is 0.267 e. The molecule has 2 atom stereocenters. The molecule has 1 amide bonds. The zero-order valence-corrected chi connectivity index (χ0v) is 15.7. The molecule has 2 aromatic heterocycles. The van der Waals surface area contributed by atoms with Gasteiger partial charge >= 0.3 is 0 Å². The Labute approximate surface area is 157 Å². The molecular formula is C19H24FN5O2. The number of aromatic nitrogens is 3. The summed E-state index contributed by atoms with van der Waals surface area (Å²) in [4.78, 5) is 17.6. The summed E-state index contributed by atoms with van der Waals surface area (Å²) in [6, 6.07) is 3.69. The SMILES string of the molecule is Cc1nn(C)c(C)c1C1C[C@@H](F)CN1Cc1ccc(/C=C/C(=O)NO)cn1. The number of nitrogens with zero attached hydrogens (tertiary/aromatic N) is 4. The van der Waals surface area contributed by atoms with Crippen molar-refractivity contribution in [1.29, 1.82) is 0 Å². The number of hydroxylamine groups is 1. The minimum absolute atomic E-state index is 0.0108. The topological polar surface area (TPSA) is 83.3 Å². The molecule has 1 unspecified atom stereocenters. The molecule has 7 nitrogen and oxygen atoms in total. The van der Waals surface area contributed by atoms with E-state index in [1.54, 1.807) is 12.3 Å². The molecule has 2 N–H and O–H groups in total. The molecule has 3 heterocycles. The minimum Gasteiger partial charge on any atom is -0.288 e. The van der Waals surface area contributed by atoms with Crippen LogP contribution >= 0.6 is 0 Å². The number of halogens is 1. The Kier molecular flexibility index (Phi) is 5.67. The van der Waals surface area contributed by atoms with Crippen molar-refractivity contribution in [3.63, 3.8) is 0 Å². The smallest absolute Gasteiger partial charge is 0.267 e. The minimum atomic E-state index is -0.867. The Morgan fingerprint density at radius 1 is 1.44 bits per heavy atom. The standard InChI is InChI=1S/C19H24FN5O2/c1-12-19(13(2)24(3)22-12)17-8-15(20)10-25(17)11-16-6-4-14(9-21-16)5-7-18(26)23-27/h4-7,9,15,17,27H,8,10-11H2,1-3H3,(H,23,26)/b7-5+/t15-,17?/m1/s1. The van der Waals surface area contributed by atoms with Crippen molar-refractivity contribution >= 4 is 12.0 Å². The van der Waals surface area contributed by atoms with E-state index in [-0.39, 0.29) is 6.04 Å². The highest BCUT2D eigenvalue weighted by molar-refractivity contribution is 5.90. The lowest BCUT2D eigenvalue weighted by Gasteiger charge is -2.24. The van der Waals surface area contributed by atoms with Gasteiger partial charge in [0, 0.05) is 49.7 Å². The van der Waals surface area contributed by atoms with Crippen LogP contribution in [0, 0.1) is 13.8 Å². The van der Waals surface area contributed by atoms with Crippen LogP contribution in [0.3, 0.4) is 0 Å². The fraction of sp³-hybridized carbons (Fsp3) is 0.421. The molecule has 8 heteroatoms. The number of nitrogens with one attached hydrogen (secondary N) is 1. The van der Waals surface area contributed by atoms with Gasteiger partial charge in [-0.1, -0.05) is 6.07 Å². The van der Waals surface area contributed by atoms with Gasteiger partial charge in [-0.15, -0.1) is 0 Å². The molecule has 1 aliphatic heterocycles. The van der Waals surface area contributed by atoms with Crippen molar-refractivity contribution in [2.24, 2.45) is 7.05 Å². The van der Waals surface area contributed by atoms with E-state index in [1.807, 2.05) is 37.7 Å². The van der Waals surface area contributed by atoms with Gasteiger partial charge in [-0.25, -0.2) is 9.87 Å². The number of aryl methyl sites for hydroxylation is 2. The second kappa shape index (κ2) is 7.98. The molecule has 144 valence electrons. The summed E-state index contributed by atoms with van der Waals surface area (Å²) in [6.07, 6.45) is 4.02. The largest absolute Gasteiger partial charge is 0.288 e. The summed E-state index contributed by atoms with van der Waals surface area (Å²) in [5.41, 5.74) is 6.21. The normalized spacial score (nSPS) is 20.5. The van der Waals surface area contributed by atoms with Crippen LogP contribution in [0.4, 0.5) is 4.39 Å². The first-order valence-electron chi connectivity index (χ1n) is 8.84. The summed E-state index contributed by atoms with van der Waals surface area (Å²) in [6.45, 7) is 4.90. The lowest BCUT2D eigenvalue weighted by Crippen LogP contribution is -2.25. The molecule has 1 saturated heterocycles. The van der Waals surface area contributed by atoms with Crippen molar-refractivity contribution < 1.29 is 14.4 Å². The highest BCUT2D eigenvalue weighted by Crippen LogP contribution is 2.37. The van der Waals surface area contributed by atoms with Gasteiger partial charge in [0.05, 0.1) is 11.4 Å². The van der Waals surface area contributed by atoms with Crippen molar-refractivity contribution in [3.05, 3.63) is 52.6 Å². The van der Waals surface area contributed by atoms with Crippen LogP contribution in [0.2, 0.25) is 0 Å². The van der Waals surface area contributed by atoms with Crippen molar-refractivity contribution in [2.75, 3.05) is 6.54 Å². The van der Waals surface area contributed by atoms with Crippen molar-refractivity contribution in [1.82, 2.24) is 25.1 Å². The summed E-state index contributed by atoms with van der Waals surface area (Å²) >= 11 is 0.